The van der Waals surface area contributed by atoms with Crippen LogP contribution in [-0.2, 0) is 0 Å². The molecule has 1 aromatic heterocycles. The molecule has 0 unspecified atom stereocenters. The number of aromatic nitrogens is 1. The fourth-order valence-electron chi connectivity index (χ4n) is 2.92. The van der Waals surface area contributed by atoms with Crippen LogP contribution < -0.4 is 5.32 Å². The molecule has 0 atom stereocenters. The molecule has 2 aromatic rings. The first-order chi connectivity index (χ1) is 9.95. The molecule has 0 amide bonds. The number of nitrogens with zero attached hydrogens (tertiary/aromatic N) is 1. The molecule has 114 valence electrons. The summed E-state index contributed by atoms with van der Waals surface area (Å²) in [5.74, 6) is 1.01. The molecule has 1 N–H and O–H groups in total. The lowest BCUT2D eigenvalue weighted by atomic mass is 9.94. The minimum atomic E-state index is 0.476. The Morgan fingerprint density at radius 1 is 1.10 bits per heavy atom. The Morgan fingerprint density at radius 3 is 2.38 bits per heavy atom. The van der Waals surface area contributed by atoms with Crippen LogP contribution >= 0.6 is 0 Å². The molecule has 0 fully saturated rings. The van der Waals surface area contributed by atoms with Crippen LogP contribution in [0.1, 0.15) is 69.7 Å². The summed E-state index contributed by atoms with van der Waals surface area (Å²) in [5.41, 5.74) is 6.27. The Hall–Kier alpha value is -1.57. The normalized spacial score (nSPS) is 11.6. The molecule has 1 heterocycles. The van der Waals surface area contributed by atoms with Crippen LogP contribution in [0.5, 0.6) is 0 Å². The van der Waals surface area contributed by atoms with Crippen molar-refractivity contribution in [3.63, 3.8) is 0 Å². The second-order valence-electron chi connectivity index (χ2n) is 6.50. The van der Waals surface area contributed by atoms with E-state index in [1.54, 1.807) is 0 Å². The molecule has 2 heteroatoms. The average Bonchev–Trinajstić information content (AvgIpc) is 2.43. The monoisotopic (exact) mass is 284 g/mol. The molecule has 0 bridgehead atoms. The standard InChI is InChI=1S/C19H28N2/c1-7-10-20-19-16-11-15(12(2)3)8-9-17(16)21-14(6)18(19)13(4)5/h8-9,11-13H,7,10H2,1-6H3,(H,20,21). The first-order valence-electron chi connectivity index (χ1n) is 8.13. The first-order valence-corrected chi connectivity index (χ1v) is 8.13. The zero-order valence-corrected chi connectivity index (χ0v) is 14.2. The maximum absolute atomic E-state index is 4.83. The van der Waals surface area contributed by atoms with Crippen molar-refractivity contribution in [1.82, 2.24) is 4.98 Å². The number of benzene rings is 1. The fourth-order valence-corrected chi connectivity index (χ4v) is 2.92. The van der Waals surface area contributed by atoms with Crippen LogP contribution in [-0.4, -0.2) is 11.5 Å². The highest BCUT2D eigenvalue weighted by molar-refractivity contribution is 5.94. The van der Waals surface area contributed by atoms with Crippen molar-refractivity contribution in [2.75, 3.05) is 11.9 Å². The summed E-state index contributed by atoms with van der Waals surface area (Å²) in [7, 11) is 0. The lowest BCUT2D eigenvalue weighted by molar-refractivity contribution is 0.843. The first kappa shape index (κ1) is 15.8. The number of anilines is 1. The van der Waals surface area contributed by atoms with Crippen molar-refractivity contribution < 1.29 is 0 Å². The van der Waals surface area contributed by atoms with Gasteiger partial charge in [0.05, 0.1) is 5.52 Å². The molecule has 1 aromatic carbocycles. The van der Waals surface area contributed by atoms with Crippen LogP contribution in [0.3, 0.4) is 0 Å². The average molecular weight is 284 g/mol. The summed E-state index contributed by atoms with van der Waals surface area (Å²) in [6, 6.07) is 6.69. The zero-order chi connectivity index (χ0) is 15.6. The molecule has 0 saturated carbocycles. The van der Waals surface area contributed by atoms with Gasteiger partial charge < -0.3 is 5.32 Å². The molecule has 0 aliphatic heterocycles. The zero-order valence-electron chi connectivity index (χ0n) is 14.2. The highest BCUT2D eigenvalue weighted by Crippen LogP contribution is 2.35. The van der Waals surface area contributed by atoms with Gasteiger partial charge in [0.15, 0.2) is 0 Å². The second-order valence-corrected chi connectivity index (χ2v) is 6.50. The van der Waals surface area contributed by atoms with Gasteiger partial charge in [0.25, 0.3) is 0 Å². The summed E-state index contributed by atoms with van der Waals surface area (Å²) in [5, 5.41) is 4.92. The summed E-state index contributed by atoms with van der Waals surface area (Å²) in [6.45, 7) is 14.3. The van der Waals surface area contributed by atoms with Crippen LogP contribution in [0.25, 0.3) is 10.9 Å². The van der Waals surface area contributed by atoms with Crippen LogP contribution in [0.4, 0.5) is 5.69 Å². The van der Waals surface area contributed by atoms with Gasteiger partial charge in [-0.05, 0) is 48.4 Å². The van der Waals surface area contributed by atoms with Gasteiger partial charge in [0.2, 0.25) is 0 Å². The lowest BCUT2D eigenvalue weighted by Crippen LogP contribution is -2.08. The molecule has 2 rings (SSSR count). The molecule has 0 spiro atoms. The minimum Gasteiger partial charge on any atom is -0.384 e. The predicted octanol–water partition coefficient (Wildman–Crippen LogP) is 5.61. The van der Waals surface area contributed by atoms with Gasteiger partial charge in [-0.25, -0.2) is 0 Å². The third-order valence-electron chi connectivity index (χ3n) is 4.03. The molecule has 0 aliphatic carbocycles. The quantitative estimate of drug-likeness (QED) is 0.771. The molecule has 0 aliphatic rings. The van der Waals surface area contributed by atoms with Crippen molar-refractivity contribution in [2.45, 2.75) is 59.8 Å². The van der Waals surface area contributed by atoms with E-state index in [-0.39, 0.29) is 0 Å². The van der Waals surface area contributed by atoms with E-state index in [9.17, 15) is 0 Å². The topological polar surface area (TPSA) is 24.9 Å². The third kappa shape index (κ3) is 3.20. The van der Waals surface area contributed by atoms with Crippen LogP contribution in [0.15, 0.2) is 18.2 Å². The largest absolute Gasteiger partial charge is 0.384 e. The number of fused-ring (bicyclic) bond motifs is 1. The van der Waals surface area contributed by atoms with E-state index >= 15 is 0 Å². The van der Waals surface area contributed by atoms with Gasteiger partial charge in [-0.2, -0.15) is 0 Å². The van der Waals surface area contributed by atoms with Crippen molar-refractivity contribution in [1.29, 1.82) is 0 Å². The second kappa shape index (κ2) is 6.46. The number of hydrogen-bond acceptors (Lipinski definition) is 2. The number of nitrogens with one attached hydrogen (secondary N) is 1. The molecule has 0 radical (unpaired) electrons. The number of aryl methyl sites for hydroxylation is 1. The van der Waals surface area contributed by atoms with E-state index in [0.29, 0.717) is 11.8 Å². The van der Waals surface area contributed by atoms with Crippen molar-refractivity contribution in [2.24, 2.45) is 0 Å². The SMILES string of the molecule is CCCNc1c(C(C)C)c(C)nc2ccc(C(C)C)cc12. The molecular formula is C19H28N2. The van der Waals surface area contributed by atoms with Gasteiger partial charge in [-0.3, -0.25) is 4.98 Å². The smallest absolute Gasteiger partial charge is 0.0726 e. The van der Waals surface area contributed by atoms with E-state index in [4.69, 9.17) is 4.98 Å². The van der Waals surface area contributed by atoms with Gasteiger partial charge in [0, 0.05) is 23.3 Å². The Morgan fingerprint density at radius 2 is 1.81 bits per heavy atom. The van der Waals surface area contributed by atoms with Crippen molar-refractivity contribution in [3.8, 4) is 0 Å². The van der Waals surface area contributed by atoms with E-state index < -0.39 is 0 Å². The van der Waals surface area contributed by atoms with Gasteiger partial charge >= 0.3 is 0 Å². The highest BCUT2D eigenvalue weighted by Gasteiger charge is 2.16. The van der Waals surface area contributed by atoms with Crippen molar-refractivity contribution >= 4 is 16.6 Å². The lowest BCUT2D eigenvalue weighted by Gasteiger charge is -2.20. The van der Waals surface area contributed by atoms with Crippen molar-refractivity contribution in [3.05, 3.63) is 35.0 Å². The predicted molar refractivity (Wildman–Crippen MR) is 93.4 cm³/mol. The van der Waals surface area contributed by atoms with Crippen LogP contribution in [0, 0.1) is 6.92 Å². The van der Waals surface area contributed by atoms with E-state index in [2.05, 4.69) is 65.1 Å². The van der Waals surface area contributed by atoms with Gasteiger partial charge in [0.1, 0.15) is 0 Å². The molecule has 2 nitrogen and oxygen atoms in total. The summed E-state index contributed by atoms with van der Waals surface area (Å²) < 4.78 is 0. The molecular weight excluding hydrogens is 256 g/mol. The van der Waals surface area contributed by atoms with E-state index in [1.165, 1.54) is 22.2 Å². The minimum absolute atomic E-state index is 0.476. The fraction of sp³-hybridized carbons (Fsp3) is 0.526. The van der Waals surface area contributed by atoms with Gasteiger partial charge in [-0.1, -0.05) is 40.7 Å². The summed E-state index contributed by atoms with van der Waals surface area (Å²) in [4.78, 5) is 4.83. The van der Waals surface area contributed by atoms with Gasteiger partial charge in [-0.15, -0.1) is 0 Å². The summed E-state index contributed by atoms with van der Waals surface area (Å²) in [6.07, 6.45) is 1.13. The number of rotatable bonds is 5. The maximum Gasteiger partial charge on any atom is 0.0726 e. The van der Waals surface area contributed by atoms with E-state index in [0.717, 1.165) is 24.2 Å². The van der Waals surface area contributed by atoms with E-state index in [1.807, 2.05) is 0 Å². The Kier molecular flexibility index (Phi) is 4.87. The Balaban J connectivity index is 2.72. The maximum atomic E-state index is 4.83. The Bertz CT molecular complexity index is 627. The molecule has 0 saturated heterocycles. The summed E-state index contributed by atoms with van der Waals surface area (Å²) >= 11 is 0. The number of hydrogen-bond donors (Lipinski definition) is 1. The van der Waals surface area contributed by atoms with Crippen LogP contribution in [0.2, 0.25) is 0 Å². The highest BCUT2D eigenvalue weighted by atomic mass is 14.9. The number of pyridine rings is 1. The third-order valence-corrected chi connectivity index (χ3v) is 4.03. The Labute approximate surface area is 129 Å². The molecule has 21 heavy (non-hydrogen) atoms.